The van der Waals surface area contributed by atoms with Crippen molar-refractivity contribution in [1.82, 2.24) is 9.88 Å². The second-order valence-electron chi connectivity index (χ2n) is 4.58. The molecule has 0 spiro atoms. The van der Waals surface area contributed by atoms with Crippen molar-refractivity contribution in [2.24, 2.45) is 0 Å². The van der Waals surface area contributed by atoms with E-state index in [0.29, 0.717) is 13.2 Å². The third-order valence-corrected chi connectivity index (χ3v) is 2.99. The van der Waals surface area contributed by atoms with E-state index in [4.69, 9.17) is 9.15 Å². The summed E-state index contributed by atoms with van der Waals surface area (Å²) in [6.07, 6.45) is 3.24. The molecule has 2 aromatic heterocycles. The van der Waals surface area contributed by atoms with Gasteiger partial charge in [-0.25, -0.2) is 0 Å². The minimum absolute atomic E-state index is 0.132. The lowest BCUT2D eigenvalue weighted by Crippen LogP contribution is -2.33. The lowest BCUT2D eigenvalue weighted by atomic mass is 10.2. The Morgan fingerprint density at radius 2 is 2.14 bits per heavy atom. The van der Waals surface area contributed by atoms with E-state index < -0.39 is 0 Å². The highest BCUT2D eigenvalue weighted by atomic mass is 16.5. The van der Waals surface area contributed by atoms with Crippen LogP contribution in [0.2, 0.25) is 0 Å². The number of aromatic nitrogens is 1. The van der Waals surface area contributed by atoms with Crippen molar-refractivity contribution in [1.29, 1.82) is 0 Å². The molecule has 0 unspecified atom stereocenters. The smallest absolute Gasteiger partial charge is 0.307 e. The zero-order chi connectivity index (χ0) is 15.8. The Labute approximate surface area is 128 Å². The fourth-order valence-electron chi connectivity index (χ4n) is 1.96. The first-order valence-electron chi connectivity index (χ1n) is 7.09. The van der Waals surface area contributed by atoms with Crippen LogP contribution in [-0.2, 0) is 16.1 Å². The molecule has 2 heterocycles. The number of esters is 1. The molecule has 0 saturated heterocycles. The summed E-state index contributed by atoms with van der Waals surface area (Å²) < 4.78 is 10.0. The molecular weight excluding hydrogens is 284 g/mol. The Bertz CT molecular complexity index is 596. The molecule has 0 bridgehead atoms. The molecule has 0 aliphatic heterocycles. The second-order valence-corrected chi connectivity index (χ2v) is 4.58. The number of carbonyl (C=O) groups is 2. The third kappa shape index (κ3) is 4.44. The second kappa shape index (κ2) is 7.97. The molecule has 0 N–H and O–H groups in total. The summed E-state index contributed by atoms with van der Waals surface area (Å²) in [7, 11) is 0. The molecule has 6 nitrogen and oxygen atoms in total. The molecular formula is C16H18N2O4. The summed E-state index contributed by atoms with van der Waals surface area (Å²) in [5.41, 5.74) is 0.742. The number of pyridine rings is 1. The summed E-state index contributed by atoms with van der Waals surface area (Å²) in [4.78, 5) is 29.7. The summed E-state index contributed by atoms with van der Waals surface area (Å²) in [6, 6.07) is 8.73. The summed E-state index contributed by atoms with van der Waals surface area (Å²) in [5, 5.41) is 0. The van der Waals surface area contributed by atoms with Gasteiger partial charge in [-0.3, -0.25) is 14.6 Å². The first kappa shape index (κ1) is 15.8. The summed E-state index contributed by atoms with van der Waals surface area (Å²) >= 11 is 0. The molecule has 1 amide bonds. The van der Waals surface area contributed by atoms with Gasteiger partial charge in [0, 0.05) is 12.7 Å². The highest BCUT2D eigenvalue weighted by molar-refractivity contribution is 5.91. The lowest BCUT2D eigenvalue weighted by molar-refractivity contribution is -0.143. The Morgan fingerprint density at radius 3 is 2.77 bits per heavy atom. The predicted octanol–water partition coefficient (Wildman–Crippen LogP) is 2.27. The molecule has 0 fully saturated rings. The van der Waals surface area contributed by atoms with Crippen LogP contribution >= 0.6 is 0 Å². The van der Waals surface area contributed by atoms with Crippen LogP contribution < -0.4 is 0 Å². The van der Waals surface area contributed by atoms with Crippen molar-refractivity contribution in [3.8, 4) is 0 Å². The minimum atomic E-state index is -0.333. The van der Waals surface area contributed by atoms with E-state index in [2.05, 4.69) is 4.98 Å². The molecule has 0 aliphatic carbocycles. The molecule has 2 aromatic rings. The number of nitrogens with zero attached hydrogens (tertiary/aromatic N) is 2. The van der Waals surface area contributed by atoms with E-state index in [0.717, 1.165) is 5.69 Å². The van der Waals surface area contributed by atoms with E-state index in [1.807, 2.05) is 12.1 Å². The van der Waals surface area contributed by atoms with Gasteiger partial charge in [0.1, 0.15) is 0 Å². The van der Waals surface area contributed by atoms with Gasteiger partial charge >= 0.3 is 5.97 Å². The maximum Gasteiger partial charge on any atom is 0.307 e. The van der Waals surface area contributed by atoms with Crippen LogP contribution in [0, 0.1) is 0 Å². The zero-order valence-electron chi connectivity index (χ0n) is 12.4. The van der Waals surface area contributed by atoms with Gasteiger partial charge in [-0.2, -0.15) is 0 Å². The van der Waals surface area contributed by atoms with Gasteiger partial charge in [0.2, 0.25) is 0 Å². The first-order chi connectivity index (χ1) is 10.7. The SMILES string of the molecule is CCOC(=O)CCN(Cc1ccccn1)C(=O)c1ccco1. The Balaban J connectivity index is 2.06. The fraction of sp³-hybridized carbons (Fsp3) is 0.312. The normalized spacial score (nSPS) is 10.2. The van der Waals surface area contributed by atoms with Crippen molar-refractivity contribution < 1.29 is 18.7 Å². The van der Waals surface area contributed by atoms with Gasteiger partial charge in [-0.1, -0.05) is 6.07 Å². The zero-order valence-corrected chi connectivity index (χ0v) is 12.4. The van der Waals surface area contributed by atoms with Gasteiger partial charge in [-0.05, 0) is 31.2 Å². The van der Waals surface area contributed by atoms with E-state index in [1.54, 1.807) is 31.3 Å². The first-order valence-corrected chi connectivity index (χ1v) is 7.09. The number of hydrogen-bond donors (Lipinski definition) is 0. The highest BCUT2D eigenvalue weighted by Gasteiger charge is 2.20. The molecule has 2 rings (SSSR count). The van der Waals surface area contributed by atoms with Gasteiger partial charge in [0.25, 0.3) is 5.91 Å². The van der Waals surface area contributed by atoms with Gasteiger partial charge in [-0.15, -0.1) is 0 Å². The van der Waals surface area contributed by atoms with Crippen LogP contribution in [0.15, 0.2) is 47.2 Å². The molecule has 0 radical (unpaired) electrons. The standard InChI is InChI=1S/C16H18N2O4/c1-2-21-15(19)8-10-18(12-13-6-3-4-9-17-13)16(20)14-7-5-11-22-14/h3-7,9,11H,2,8,10,12H2,1H3. The monoisotopic (exact) mass is 302 g/mol. The molecule has 0 saturated carbocycles. The fourth-order valence-corrected chi connectivity index (χ4v) is 1.96. The van der Waals surface area contributed by atoms with Crippen molar-refractivity contribution in [3.63, 3.8) is 0 Å². The maximum absolute atomic E-state index is 12.4. The van der Waals surface area contributed by atoms with Crippen LogP contribution in [0.1, 0.15) is 29.6 Å². The highest BCUT2D eigenvalue weighted by Crippen LogP contribution is 2.10. The topological polar surface area (TPSA) is 72.6 Å². The van der Waals surface area contributed by atoms with Crippen LogP contribution in [-0.4, -0.2) is 34.9 Å². The van der Waals surface area contributed by atoms with E-state index in [9.17, 15) is 9.59 Å². The molecule has 22 heavy (non-hydrogen) atoms. The molecule has 0 aromatic carbocycles. The quantitative estimate of drug-likeness (QED) is 0.734. The number of hydrogen-bond acceptors (Lipinski definition) is 5. The Morgan fingerprint density at radius 1 is 1.27 bits per heavy atom. The van der Waals surface area contributed by atoms with E-state index >= 15 is 0 Å². The van der Waals surface area contributed by atoms with Crippen LogP contribution in [0.25, 0.3) is 0 Å². The van der Waals surface area contributed by atoms with Crippen molar-refractivity contribution in [2.45, 2.75) is 19.9 Å². The summed E-state index contributed by atoms with van der Waals surface area (Å²) in [6.45, 7) is 2.62. The van der Waals surface area contributed by atoms with Crippen LogP contribution in [0.5, 0.6) is 0 Å². The number of furan rings is 1. The predicted molar refractivity (Wildman–Crippen MR) is 78.9 cm³/mol. The van der Waals surface area contributed by atoms with E-state index in [-0.39, 0.29) is 30.6 Å². The molecule has 6 heteroatoms. The molecule has 0 atom stereocenters. The van der Waals surface area contributed by atoms with Crippen molar-refractivity contribution in [2.75, 3.05) is 13.2 Å². The van der Waals surface area contributed by atoms with Crippen molar-refractivity contribution >= 4 is 11.9 Å². The maximum atomic E-state index is 12.4. The third-order valence-electron chi connectivity index (χ3n) is 2.99. The van der Waals surface area contributed by atoms with Crippen LogP contribution in [0.4, 0.5) is 0 Å². The van der Waals surface area contributed by atoms with Gasteiger partial charge in [0.15, 0.2) is 5.76 Å². The average Bonchev–Trinajstić information content (AvgIpc) is 3.06. The largest absolute Gasteiger partial charge is 0.466 e. The minimum Gasteiger partial charge on any atom is -0.466 e. The lowest BCUT2D eigenvalue weighted by Gasteiger charge is -2.20. The number of ether oxygens (including phenoxy) is 1. The number of amides is 1. The Kier molecular flexibility index (Phi) is 5.71. The molecule has 116 valence electrons. The van der Waals surface area contributed by atoms with E-state index in [1.165, 1.54) is 11.2 Å². The number of rotatable bonds is 7. The van der Waals surface area contributed by atoms with Crippen molar-refractivity contribution in [3.05, 3.63) is 54.2 Å². The van der Waals surface area contributed by atoms with Gasteiger partial charge in [0.05, 0.1) is 31.5 Å². The van der Waals surface area contributed by atoms with Crippen LogP contribution in [0.3, 0.4) is 0 Å². The molecule has 0 aliphatic rings. The Hall–Kier alpha value is -2.63. The number of carbonyl (C=O) groups excluding carboxylic acids is 2. The van der Waals surface area contributed by atoms with Gasteiger partial charge < -0.3 is 14.1 Å². The average molecular weight is 302 g/mol. The summed E-state index contributed by atoms with van der Waals surface area (Å²) in [5.74, 6) is -0.375.